The largest absolute Gasteiger partial charge is 0.0885 e. The minimum atomic E-state index is 1.22. The third-order valence-electron chi connectivity index (χ3n) is 4.79. The molecule has 0 spiro atoms. The summed E-state index contributed by atoms with van der Waals surface area (Å²) >= 11 is 0. The lowest BCUT2D eigenvalue weighted by Crippen LogP contribution is -1.86. The van der Waals surface area contributed by atoms with Gasteiger partial charge in [-0.2, -0.15) is 0 Å². The van der Waals surface area contributed by atoms with Crippen LogP contribution in [0, 0.1) is 0 Å². The molecule has 0 aliphatic rings. The molecule has 130 valence electrons. The highest BCUT2D eigenvalue weighted by atomic mass is 14.0. The van der Waals surface area contributed by atoms with Gasteiger partial charge in [0.1, 0.15) is 0 Å². The average Bonchev–Trinajstić information content (AvgIpc) is 2.62. The molecule has 0 heterocycles. The van der Waals surface area contributed by atoms with E-state index in [1.54, 1.807) is 0 Å². The van der Waals surface area contributed by atoms with E-state index in [4.69, 9.17) is 0 Å². The Labute approximate surface area is 149 Å². The molecule has 0 aliphatic carbocycles. The fraction of sp³-hybridized carbons (Fsp3) is 0.500. The van der Waals surface area contributed by atoms with Crippen LogP contribution in [0.3, 0.4) is 0 Å². The monoisotopic (exact) mass is 322 g/mol. The number of allylic oxidation sites excluding steroid dienone is 2. The van der Waals surface area contributed by atoms with E-state index in [1.165, 1.54) is 87.0 Å². The molecule has 0 bridgehead atoms. The van der Waals surface area contributed by atoms with Gasteiger partial charge in [0.2, 0.25) is 0 Å². The van der Waals surface area contributed by atoms with Crippen molar-refractivity contribution in [1.29, 1.82) is 0 Å². The topological polar surface area (TPSA) is 0 Å². The van der Waals surface area contributed by atoms with Crippen LogP contribution in [-0.4, -0.2) is 0 Å². The van der Waals surface area contributed by atoms with E-state index in [-0.39, 0.29) is 0 Å². The van der Waals surface area contributed by atoms with Crippen LogP contribution in [-0.2, 0) is 6.42 Å². The van der Waals surface area contributed by atoms with Crippen molar-refractivity contribution in [1.82, 2.24) is 0 Å². The smallest absolute Gasteiger partial charge is 0.0181 e. The predicted octanol–water partition coefficient (Wildman–Crippen LogP) is 7.86. The van der Waals surface area contributed by atoms with Gasteiger partial charge < -0.3 is 0 Å². The fourth-order valence-electron chi connectivity index (χ4n) is 3.26. The Kier molecular flexibility index (Phi) is 9.31. The van der Waals surface area contributed by atoms with Crippen LogP contribution >= 0.6 is 0 Å². The standard InChI is InChI=1S/C24H34/c1-2-3-4-5-6-7-8-9-10-11-12-13-16-22-19-20-23-17-14-15-18-24(23)21-22/h7-8,14-15,17-21H,2-6,9-13,16H2,1H3/b8-7+. The molecule has 0 radical (unpaired) electrons. The number of hydrogen-bond donors (Lipinski definition) is 0. The van der Waals surface area contributed by atoms with Gasteiger partial charge in [-0.25, -0.2) is 0 Å². The van der Waals surface area contributed by atoms with Crippen molar-refractivity contribution < 1.29 is 0 Å². The minimum absolute atomic E-state index is 1.22. The van der Waals surface area contributed by atoms with Gasteiger partial charge in [0.25, 0.3) is 0 Å². The molecule has 2 aromatic rings. The Morgan fingerprint density at radius 2 is 1.33 bits per heavy atom. The molecule has 2 rings (SSSR count). The first-order valence-corrected chi connectivity index (χ1v) is 10.0. The summed E-state index contributed by atoms with van der Waals surface area (Å²) < 4.78 is 0. The summed E-state index contributed by atoms with van der Waals surface area (Å²) in [5, 5.41) is 2.72. The van der Waals surface area contributed by atoms with Crippen LogP contribution in [0.2, 0.25) is 0 Å². The van der Waals surface area contributed by atoms with Crippen LogP contribution < -0.4 is 0 Å². The van der Waals surface area contributed by atoms with Gasteiger partial charge in [0.05, 0.1) is 0 Å². The maximum atomic E-state index is 2.40. The molecule has 0 heteroatoms. The van der Waals surface area contributed by atoms with Crippen molar-refractivity contribution in [3.63, 3.8) is 0 Å². The lowest BCUT2D eigenvalue weighted by molar-refractivity contribution is 0.644. The molecule has 0 atom stereocenters. The summed E-state index contributed by atoms with van der Waals surface area (Å²) in [4.78, 5) is 0. The normalized spacial score (nSPS) is 11.5. The summed E-state index contributed by atoms with van der Waals surface area (Å²) in [5.74, 6) is 0. The summed E-state index contributed by atoms with van der Waals surface area (Å²) in [6.45, 7) is 2.27. The fourth-order valence-corrected chi connectivity index (χ4v) is 3.26. The van der Waals surface area contributed by atoms with E-state index in [1.807, 2.05) is 0 Å². The Balaban J connectivity index is 1.51. The number of aryl methyl sites for hydroxylation is 1. The molecule has 0 N–H and O–H groups in total. The minimum Gasteiger partial charge on any atom is -0.0885 e. The Morgan fingerprint density at radius 1 is 0.667 bits per heavy atom. The SMILES string of the molecule is CCCCCC/C=C/CCCCCCc1ccc2ccccc2c1. The second-order valence-corrected chi connectivity index (χ2v) is 6.96. The first-order chi connectivity index (χ1) is 11.9. The maximum absolute atomic E-state index is 2.40. The zero-order valence-corrected chi connectivity index (χ0v) is 15.5. The van der Waals surface area contributed by atoms with Crippen molar-refractivity contribution in [2.75, 3.05) is 0 Å². The zero-order valence-electron chi connectivity index (χ0n) is 15.5. The van der Waals surface area contributed by atoms with Crippen LogP contribution in [0.1, 0.15) is 76.7 Å². The molecule has 0 amide bonds. The Bertz CT molecular complexity index is 594. The summed E-state index contributed by atoms with van der Waals surface area (Å²) in [6, 6.07) is 15.6. The van der Waals surface area contributed by atoms with E-state index in [9.17, 15) is 0 Å². The summed E-state index contributed by atoms with van der Waals surface area (Å²) in [7, 11) is 0. The lowest BCUT2D eigenvalue weighted by Gasteiger charge is -2.04. The van der Waals surface area contributed by atoms with Crippen molar-refractivity contribution >= 4 is 10.8 Å². The third-order valence-corrected chi connectivity index (χ3v) is 4.79. The molecule has 2 aromatic carbocycles. The Morgan fingerprint density at radius 3 is 2.08 bits per heavy atom. The number of rotatable bonds is 12. The molecule has 0 aliphatic heterocycles. The van der Waals surface area contributed by atoms with Crippen molar-refractivity contribution in [2.24, 2.45) is 0 Å². The van der Waals surface area contributed by atoms with Gasteiger partial charge >= 0.3 is 0 Å². The van der Waals surface area contributed by atoms with Crippen molar-refractivity contribution in [3.8, 4) is 0 Å². The van der Waals surface area contributed by atoms with Gasteiger partial charge in [-0.3, -0.25) is 0 Å². The second-order valence-electron chi connectivity index (χ2n) is 6.96. The number of benzene rings is 2. The Hall–Kier alpha value is -1.56. The molecule has 0 nitrogen and oxygen atoms in total. The number of hydrogen-bond acceptors (Lipinski definition) is 0. The van der Waals surface area contributed by atoms with E-state index in [0.717, 1.165) is 0 Å². The van der Waals surface area contributed by atoms with E-state index in [0.29, 0.717) is 0 Å². The van der Waals surface area contributed by atoms with Crippen LogP contribution in [0.4, 0.5) is 0 Å². The van der Waals surface area contributed by atoms with Crippen molar-refractivity contribution in [2.45, 2.75) is 77.6 Å². The molecular formula is C24H34. The highest BCUT2D eigenvalue weighted by Gasteiger charge is 1.97. The molecule has 0 saturated heterocycles. The number of unbranched alkanes of at least 4 members (excludes halogenated alkanes) is 8. The highest BCUT2D eigenvalue weighted by molar-refractivity contribution is 5.82. The molecule has 0 unspecified atom stereocenters. The van der Waals surface area contributed by atoms with Gasteiger partial charge in [-0.1, -0.05) is 93.6 Å². The molecule has 24 heavy (non-hydrogen) atoms. The van der Waals surface area contributed by atoms with Crippen LogP contribution in [0.25, 0.3) is 10.8 Å². The van der Waals surface area contributed by atoms with Gasteiger partial charge in [-0.15, -0.1) is 0 Å². The van der Waals surface area contributed by atoms with Gasteiger partial charge in [0, 0.05) is 0 Å². The first-order valence-electron chi connectivity index (χ1n) is 10.0. The quantitative estimate of drug-likeness (QED) is 0.275. The maximum Gasteiger partial charge on any atom is -0.0181 e. The molecular weight excluding hydrogens is 288 g/mol. The highest BCUT2D eigenvalue weighted by Crippen LogP contribution is 2.17. The van der Waals surface area contributed by atoms with Crippen LogP contribution in [0.15, 0.2) is 54.6 Å². The summed E-state index contributed by atoms with van der Waals surface area (Å²) in [5.41, 5.74) is 1.49. The van der Waals surface area contributed by atoms with E-state index in [2.05, 4.69) is 61.5 Å². The summed E-state index contributed by atoms with van der Waals surface area (Å²) in [6.07, 6.45) is 19.5. The van der Waals surface area contributed by atoms with E-state index >= 15 is 0 Å². The first kappa shape index (κ1) is 18.8. The van der Waals surface area contributed by atoms with Gasteiger partial charge in [0.15, 0.2) is 0 Å². The molecule has 0 fully saturated rings. The predicted molar refractivity (Wildman–Crippen MR) is 109 cm³/mol. The van der Waals surface area contributed by atoms with Crippen molar-refractivity contribution in [3.05, 3.63) is 60.2 Å². The van der Waals surface area contributed by atoms with Gasteiger partial charge in [-0.05, 0) is 54.9 Å². The molecule has 0 saturated carbocycles. The molecule has 0 aromatic heterocycles. The third kappa shape index (κ3) is 7.34. The van der Waals surface area contributed by atoms with E-state index < -0.39 is 0 Å². The lowest BCUT2D eigenvalue weighted by atomic mass is 10.0. The second kappa shape index (κ2) is 11.9. The average molecular weight is 323 g/mol. The number of fused-ring (bicyclic) bond motifs is 1. The zero-order chi connectivity index (χ0) is 16.9. The van der Waals surface area contributed by atoms with Crippen LogP contribution in [0.5, 0.6) is 0 Å².